The van der Waals surface area contributed by atoms with E-state index in [-0.39, 0.29) is 17.8 Å². The minimum atomic E-state index is -0.317. The minimum absolute atomic E-state index is 0.0280. The van der Waals surface area contributed by atoms with Crippen LogP contribution in [-0.2, 0) is 4.74 Å². The molecule has 1 aliphatic heterocycles. The molecule has 1 fully saturated rings. The van der Waals surface area contributed by atoms with Crippen LogP contribution in [0.15, 0.2) is 18.2 Å². The summed E-state index contributed by atoms with van der Waals surface area (Å²) in [7, 11) is 0. The molecular formula is C15H20FIN2O2. The smallest absolute Gasteiger partial charge is 0.254 e. The summed E-state index contributed by atoms with van der Waals surface area (Å²) < 4.78 is 19.5. The van der Waals surface area contributed by atoms with Crippen LogP contribution in [0.25, 0.3) is 0 Å². The fraction of sp³-hybridized carbons (Fsp3) is 0.533. The maximum atomic E-state index is 13.1. The number of amides is 1. The van der Waals surface area contributed by atoms with Crippen LogP contribution >= 0.6 is 22.6 Å². The zero-order valence-electron chi connectivity index (χ0n) is 11.9. The summed E-state index contributed by atoms with van der Waals surface area (Å²) in [5.74, 6) is -0.345. The average Bonchev–Trinajstić information content (AvgIpc) is 2.48. The quantitative estimate of drug-likeness (QED) is 0.604. The van der Waals surface area contributed by atoms with Crippen molar-refractivity contribution >= 4 is 28.5 Å². The number of hydrogen-bond donors (Lipinski definition) is 1. The number of ether oxygens (including phenoxy) is 1. The highest BCUT2D eigenvalue weighted by atomic mass is 127. The molecule has 1 aromatic rings. The second-order valence-electron chi connectivity index (χ2n) is 5.13. The predicted molar refractivity (Wildman–Crippen MR) is 87.7 cm³/mol. The first-order valence-electron chi connectivity index (χ1n) is 7.18. The summed E-state index contributed by atoms with van der Waals surface area (Å²) in [5.41, 5.74) is 6.00. The van der Waals surface area contributed by atoms with Crippen LogP contribution in [0.3, 0.4) is 0 Å². The number of nitrogens with zero attached hydrogens (tertiary/aromatic N) is 1. The maximum Gasteiger partial charge on any atom is 0.254 e. The summed E-state index contributed by atoms with van der Waals surface area (Å²) in [6.07, 6.45) is 2.77. The van der Waals surface area contributed by atoms with E-state index in [4.69, 9.17) is 10.5 Å². The van der Waals surface area contributed by atoms with E-state index >= 15 is 0 Å². The Labute approximate surface area is 138 Å². The van der Waals surface area contributed by atoms with Gasteiger partial charge in [-0.05, 0) is 66.6 Å². The van der Waals surface area contributed by atoms with E-state index in [0.29, 0.717) is 35.4 Å². The summed E-state index contributed by atoms with van der Waals surface area (Å²) in [6, 6.07) is 4.28. The highest BCUT2D eigenvalue weighted by Gasteiger charge is 2.25. The molecule has 0 aromatic heterocycles. The lowest BCUT2D eigenvalue weighted by Gasteiger charge is -2.32. The van der Waals surface area contributed by atoms with Gasteiger partial charge in [-0.25, -0.2) is 4.39 Å². The summed E-state index contributed by atoms with van der Waals surface area (Å²) in [4.78, 5) is 14.3. The van der Waals surface area contributed by atoms with Crippen molar-refractivity contribution in [3.05, 3.63) is 33.1 Å². The van der Waals surface area contributed by atoms with Crippen molar-refractivity contribution in [3.8, 4) is 0 Å². The van der Waals surface area contributed by atoms with Crippen molar-refractivity contribution < 1.29 is 13.9 Å². The van der Waals surface area contributed by atoms with Crippen LogP contribution in [0, 0.1) is 9.39 Å². The molecule has 1 aliphatic rings. The molecule has 1 amide bonds. The molecular weight excluding hydrogens is 386 g/mol. The highest BCUT2D eigenvalue weighted by Crippen LogP contribution is 2.20. The largest absolute Gasteiger partial charge is 0.378 e. The molecule has 0 atom stereocenters. The van der Waals surface area contributed by atoms with Crippen molar-refractivity contribution in [2.75, 3.05) is 26.2 Å². The Balaban J connectivity index is 1.88. The summed E-state index contributed by atoms with van der Waals surface area (Å²) in [5, 5.41) is 0. The predicted octanol–water partition coefficient (Wildman–Crippen LogP) is 2.40. The third-order valence-electron chi connectivity index (χ3n) is 3.59. The van der Waals surface area contributed by atoms with Crippen LogP contribution in [-0.4, -0.2) is 43.2 Å². The number of benzene rings is 1. The number of carbonyl (C=O) groups is 1. The lowest BCUT2D eigenvalue weighted by atomic mass is 10.1. The van der Waals surface area contributed by atoms with Gasteiger partial charge < -0.3 is 15.4 Å². The monoisotopic (exact) mass is 406 g/mol. The Bertz CT molecular complexity index is 491. The third kappa shape index (κ3) is 4.62. The van der Waals surface area contributed by atoms with Gasteiger partial charge >= 0.3 is 0 Å². The number of piperidine rings is 1. The van der Waals surface area contributed by atoms with Crippen LogP contribution in [0.5, 0.6) is 0 Å². The second kappa shape index (κ2) is 8.05. The highest BCUT2D eigenvalue weighted by molar-refractivity contribution is 14.1. The number of halogens is 2. The number of hydrogen-bond acceptors (Lipinski definition) is 3. The first-order valence-corrected chi connectivity index (χ1v) is 8.25. The van der Waals surface area contributed by atoms with Gasteiger partial charge in [0.1, 0.15) is 5.82 Å². The number of rotatable bonds is 5. The topological polar surface area (TPSA) is 55.6 Å². The van der Waals surface area contributed by atoms with E-state index in [1.807, 2.05) is 27.5 Å². The Morgan fingerprint density at radius 1 is 1.43 bits per heavy atom. The number of carbonyl (C=O) groups excluding carboxylic acids is 1. The van der Waals surface area contributed by atoms with Crippen molar-refractivity contribution in [1.82, 2.24) is 4.90 Å². The Morgan fingerprint density at radius 2 is 2.14 bits per heavy atom. The van der Waals surface area contributed by atoms with Crippen LogP contribution in [0.2, 0.25) is 0 Å². The van der Waals surface area contributed by atoms with E-state index in [2.05, 4.69) is 0 Å². The molecule has 4 nitrogen and oxygen atoms in total. The molecule has 2 rings (SSSR count). The first-order chi connectivity index (χ1) is 10.1. The van der Waals surface area contributed by atoms with Gasteiger partial charge in [0.25, 0.3) is 5.91 Å². The molecule has 0 bridgehead atoms. The number of likely N-dealkylation sites (tertiary alicyclic amines) is 1. The van der Waals surface area contributed by atoms with Gasteiger partial charge in [-0.2, -0.15) is 0 Å². The minimum Gasteiger partial charge on any atom is -0.378 e. The lowest BCUT2D eigenvalue weighted by Crippen LogP contribution is -2.41. The normalized spacial score (nSPS) is 16.2. The van der Waals surface area contributed by atoms with Crippen molar-refractivity contribution in [3.63, 3.8) is 0 Å². The molecule has 1 aromatic carbocycles. The van der Waals surface area contributed by atoms with Gasteiger partial charge in [-0.3, -0.25) is 4.79 Å². The molecule has 0 unspecified atom stereocenters. The third-order valence-corrected chi connectivity index (χ3v) is 4.49. The van der Waals surface area contributed by atoms with Gasteiger partial charge in [-0.1, -0.05) is 0 Å². The van der Waals surface area contributed by atoms with Gasteiger partial charge in [0.15, 0.2) is 0 Å². The molecule has 116 valence electrons. The van der Waals surface area contributed by atoms with E-state index in [1.165, 1.54) is 12.1 Å². The van der Waals surface area contributed by atoms with Gasteiger partial charge in [0.2, 0.25) is 0 Å². The lowest BCUT2D eigenvalue weighted by molar-refractivity contribution is 0.00842. The summed E-state index contributed by atoms with van der Waals surface area (Å²) in [6.45, 7) is 2.68. The van der Waals surface area contributed by atoms with Crippen molar-refractivity contribution in [2.45, 2.75) is 25.4 Å². The molecule has 0 saturated carbocycles. The molecule has 1 saturated heterocycles. The van der Waals surface area contributed by atoms with Gasteiger partial charge in [0, 0.05) is 23.3 Å². The Morgan fingerprint density at radius 3 is 2.76 bits per heavy atom. The van der Waals surface area contributed by atoms with Gasteiger partial charge in [-0.15, -0.1) is 0 Å². The first kappa shape index (κ1) is 16.6. The Kier molecular flexibility index (Phi) is 6.38. The van der Waals surface area contributed by atoms with E-state index < -0.39 is 0 Å². The Hall–Kier alpha value is -0.730. The van der Waals surface area contributed by atoms with Crippen molar-refractivity contribution in [2.24, 2.45) is 5.73 Å². The van der Waals surface area contributed by atoms with Crippen molar-refractivity contribution in [1.29, 1.82) is 0 Å². The summed E-state index contributed by atoms with van der Waals surface area (Å²) >= 11 is 2.00. The zero-order valence-corrected chi connectivity index (χ0v) is 14.0. The fourth-order valence-corrected chi connectivity index (χ4v) is 3.10. The fourth-order valence-electron chi connectivity index (χ4n) is 2.39. The van der Waals surface area contributed by atoms with Gasteiger partial charge in [0.05, 0.1) is 11.7 Å². The standard InChI is InChI=1S/C15H20FIN2O2/c16-11-2-3-13(14(17)10-11)15(20)19-7-4-12(5-8-19)21-9-1-6-18/h2-3,10,12H,1,4-9,18H2. The number of nitrogens with two attached hydrogens (primary N) is 1. The van der Waals surface area contributed by atoms with Crippen LogP contribution in [0.4, 0.5) is 4.39 Å². The maximum absolute atomic E-state index is 13.1. The van der Waals surface area contributed by atoms with E-state index in [9.17, 15) is 9.18 Å². The molecule has 0 aliphatic carbocycles. The molecule has 0 spiro atoms. The van der Waals surface area contributed by atoms with Crippen LogP contribution in [0.1, 0.15) is 29.6 Å². The molecule has 21 heavy (non-hydrogen) atoms. The van der Waals surface area contributed by atoms with E-state index in [0.717, 1.165) is 19.3 Å². The van der Waals surface area contributed by atoms with Crippen LogP contribution < -0.4 is 5.73 Å². The molecule has 0 radical (unpaired) electrons. The second-order valence-corrected chi connectivity index (χ2v) is 6.29. The molecule has 1 heterocycles. The SMILES string of the molecule is NCCCOC1CCN(C(=O)c2ccc(F)cc2I)CC1. The zero-order chi connectivity index (χ0) is 15.2. The average molecular weight is 406 g/mol. The van der Waals surface area contributed by atoms with E-state index in [1.54, 1.807) is 6.07 Å². The molecule has 2 N–H and O–H groups in total. The molecule has 6 heteroatoms.